The molecule has 1 atom stereocenters. The standard InChI is InChI=1S/C26H24F2N4O3/c1-3-35-26(34)18-13-31(2)25-17(24(18)33)11-16-12-19(27)23(21(28)22(16)30-25)32-10-9-29-20(14-32)15-7-5-4-6-8-15/h4-8,11-13,20,29H,3,9-10,14H2,1-2H3. The van der Waals surface area contributed by atoms with Gasteiger partial charge in [0.05, 0.1) is 12.0 Å². The summed E-state index contributed by atoms with van der Waals surface area (Å²) in [6.07, 6.45) is 1.32. The second kappa shape index (κ2) is 9.07. The third-order valence-corrected chi connectivity index (χ3v) is 6.29. The van der Waals surface area contributed by atoms with Crippen LogP contribution in [0.5, 0.6) is 0 Å². The molecule has 0 spiro atoms. The first kappa shape index (κ1) is 22.9. The predicted molar refractivity (Wildman–Crippen MR) is 130 cm³/mol. The van der Waals surface area contributed by atoms with E-state index in [1.807, 2.05) is 30.3 Å². The van der Waals surface area contributed by atoms with Gasteiger partial charge in [-0.2, -0.15) is 0 Å². The topological polar surface area (TPSA) is 76.5 Å². The molecule has 1 N–H and O–H groups in total. The predicted octanol–water partition coefficient (Wildman–Crippen LogP) is 3.69. The summed E-state index contributed by atoms with van der Waals surface area (Å²) in [4.78, 5) is 31.2. The molecule has 1 fully saturated rings. The van der Waals surface area contributed by atoms with Gasteiger partial charge in [0.15, 0.2) is 5.82 Å². The average Bonchev–Trinajstić information content (AvgIpc) is 2.86. The summed E-state index contributed by atoms with van der Waals surface area (Å²) in [6.45, 7) is 3.14. The number of hydrogen-bond acceptors (Lipinski definition) is 6. The van der Waals surface area contributed by atoms with Crippen molar-refractivity contribution in [3.05, 3.63) is 81.6 Å². The van der Waals surface area contributed by atoms with E-state index < -0.39 is 23.0 Å². The van der Waals surface area contributed by atoms with Crippen molar-refractivity contribution >= 4 is 33.6 Å². The lowest BCUT2D eigenvalue weighted by atomic mass is 10.0. The maximum absolute atomic E-state index is 15.8. The molecule has 4 aromatic rings. The van der Waals surface area contributed by atoms with Gasteiger partial charge in [0, 0.05) is 44.3 Å². The monoisotopic (exact) mass is 478 g/mol. The van der Waals surface area contributed by atoms with Gasteiger partial charge in [0.2, 0.25) is 5.43 Å². The molecular formula is C26H24F2N4O3. The molecule has 0 saturated carbocycles. The molecule has 7 nitrogen and oxygen atoms in total. The van der Waals surface area contributed by atoms with E-state index in [0.717, 1.165) is 5.56 Å². The summed E-state index contributed by atoms with van der Waals surface area (Å²) in [5.74, 6) is -2.27. The lowest BCUT2D eigenvalue weighted by molar-refractivity contribution is 0.0524. The number of piperazine rings is 1. The number of benzene rings is 2. The number of aryl methyl sites for hydroxylation is 1. The second-order valence-corrected chi connectivity index (χ2v) is 8.52. The highest BCUT2D eigenvalue weighted by molar-refractivity contribution is 5.97. The van der Waals surface area contributed by atoms with Gasteiger partial charge in [-0.3, -0.25) is 4.79 Å². The highest BCUT2D eigenvalue weighted by Gasteiger charge is 2.27. The molecule has 0 aliphatic carbocycles. The van der Waals surface area contributed by atoms with Crippen LogP contribution in [0, 0.1) is 11.6 Å². The second-order valence-electron chi connectivity index (χ2n) is 8.52. The third-order valence-electron chi connectivity index (χ3n) is 6.29. The fraction of sp³-hybridized carbons (Fsp3) is 0.269. The minimum atomic E-state index is -0.780. The van der Waals surface area contributed by atoms with E-state index in [1.165, 1.54) is 22.9 Å². The van der Waals surface area contributed by atoms with Crippen molar-refractivity contribution in [1.29, 1.82) is 0 Å². The van der Waals surface area contributed by atoms with Gasteiger partial charge in [0.1, 0.15) is 28.2 Å². The van der Waals surface area contributed by atoms with Crippen LogP contribution in [-0.4, -0.2) is 41.8 Å². The normalized spacial score (nSPS) is 16.1. The van der Waals surface area contributed by atoms with Gasteiger partial charge >= 0.3 is 5.97 Å². The van der Waals surface area contributed by atoms with Crippen molar-refractivity contribution in [3.8, 4) is 0 Å². The van der Waals surface area contributed by atoms with Crippen molar-refractivity contribution in [2.24, 2.45) is 7.05 Å². The molecule has 3 heterocycles. The van der Waals surface area contributed by atoms with Crippen molar-refractivity contribution in [2.45, 2.75) is 13.0 Å². The molecule has 1 aliphatic heterocycles. The van der Waals surface area contributed by atoms with E-state index in [9.17, 15) is 9.59 Å². The molecule has 1 saturated heterocycles. The van der Waals surface area contributed by atoms with Crippen LogP contribution in [0.3, 0.4) is 0 Å². The molecule has 1 unspecified atom stereocenters. The summed E-state index contributed by atoms with van der Waals surface area (Å²) >= 11 is 0. The number of fused-ring (bicyclic) bond motifs is 2. The van der Waals surface area contributed by atoms with Crippen LogP contribution in [0.2, 0.25) is 0 Å². The Morgan fingerprint density at radius 1 is 1.23 bits per heavy atom. The first-order valence-electron chi connectivity index (χ1n) is 11.4. The minimum absolute atomic E-state index is 0.0393. The molecule has 0 radical (unpaired) electrons. The fourth-order valence-corrected chi connectivity index (χ4v) is 4.63. The summed E-state index contributed by atoms with van der Waals surface area (Å²) in [5, 5.41) is 3.62. The molecule has 5 rings (SSSR count). The average molecular weight is 478 g/mol. The quantitative estimate of drug-likeness (QED) is 0.356. The highest BCUT2D eigenvalue weighted by atomic mass is 19.1. The number of pyridine rings is 2. The Morgan fingerprint density at radius 3 is 2.74 bits per heavy atom. The van der Waals surface area contributed by atoms with Crippen LogP contribution < -0.4 is 15.6 Å². The Kier molecular flexibility index (Phi) is 5.94. The van der Waals surface area contributed by atoms with Crippen molar-refractivity contribution < 1.29 is 18.3 Å². The third kappa shape index (κ3) is 4.01. The maximum atomic E-state index is 15.8. The summed E-state index contributed by atoms with van der Waals surface area (Å²) in [7, 11) is 1.60. The zero-order valence-corrected chi connectivity index (χ0v) is 19.3. The van der Waals surface area contributed by atoms with E-state index in [1.54, 1.807) is 18.9 Å². The molecule has 0 bridgehead atoms. The number of esters is 1. The Labute approximate surface area is 199 Å². The molecule has 2 aromatic heterocycles. The van der Waals surface area contributed by atoms with Crippen molar-refractivity contribution in [2.75, 3.05) is 31.1 Å². The van der Waals surface area contributed by atoms with Crippen molar-refractivity contribution in [3.63, 3.8) is 0 Å². The number of rotatable bonds is 4. The zero-order valence-electron chi connectivity index (χ0n) is 19.3. The molecule has 35 heavy (non-hydrogen) atoms. The van der Waals surface area contributed by atoms with Gasteiger partial charge in [-0.05, 0) is 24.6 Å². The Morgan fingerprint density at radius 2 is 2.00 bits per heavy atom. The van der Waals surface area contributed by atoms with Gasteiger partial charge in [-0.1, -0.05) is 30.3 Å². The highest BCUT2D eigenvalue weighted by Crippen LogP contribution is 2.33. The number of carbonyl (C=O) groups excluding carboxylic acids is 1. The Hall–Kier alpha value is -3.85. The lowest BCUT2D eigenvalue weighted by Crippen LogP contribution is -2.46. The number of nitrogens with zero attached hydrogens (tertiary/aromatic N) is 3. The van der Waals surface area contributed by atoms with E-state index in [-0.39, 0.29) is 45.8 Å². The van der Waals surface area contributed by atoms with Crippen LogP contribution in [0.25, 0.3) is 21.9 Å². The van der Waals surface area contributed by atoms with Gasteiger partial charge in [-0.15, -0.1) is 0 Å². The van der Waals surface area contributed by atoms with E-state index in [4.69, 9.17) is 4.74 Å². The summed E-state index contributed by atoms with van der Waals surface area (Å²) in [5.41, 5.74) is 0.296. The Balaban J connectivity index is 1.61. The Bertz CT molecular complexity index is 1500. The number of carbonyl (C=O) groups is 1. The molecule has 9 heteroatoms. The van der Waals surface area contributed by atoms with Gasteiger partial charge in [0.25, 0.3) is 0 Å². The number of ether oxygens (including phenoxy) is 1. The summed E-state index contributed by atoms with van der Waals surface area (Å²) in [6, 6.07) is 12.2. The first-order chi connectivity index (χ1) is 16.9. The number of halogens is 2. The van der Waals surface area contributed by atoms with Crippen LogP contribution >= 0.6 is 0 Å². The smallest absolute Gasteiger partial charge is 0.343 e. The van der Waals surface area contributed by atoms with Crippen LogP contribution in [0.15, 0.2) is 53.5 Å². The summed E-state index contributed by atoms with van der Waals surface area (Å²) < 4.78 is 37.5. The number of nitrogens with one attached hydrogen (secondary N) is 1. The van der Waals surface area contributed by atoms with Crippen molar-refractivity contribution in [1.82, 2.24) is 14.9 Å². The molecule has 0 amide bonds. The van der Waals surface area contributed by atoms with E-state index in [2.05, 4.69) is 10.3 Å². The van der Waals surface area contributed by atoms with Gasteiger partial charge < -0.3 is 19.5 Å². The number of hydrogen-bond donors (Lipinski definition) is 1. The molecule has 2 aromatic carbocycles. The first-order valence-corrected chi connectivity index (χ1v) is 11.4. The largest absolute Gasteiger partial charge is 0.462 e. The zero-order chi connectivity index (χ0) is 24.7. The molecule has 180 valence electrons. The van der Waals surface area contributed by atoms with E-state index >= 15 is 8.78 Å². The van der Waals surface area contributed by atoms with Gasteiger partial charge in [-0.25, -0.2) is 18.6 Å². The number of anilines is 1. The van der Waals surface area contributed by atoms with Crippen LogP contribution in [0.1, 0.15) is 28.9 Å². The molecule has 1 aliphatic rings. The lowest BCUT2D eigenvalue weighted by Gasteiger charge is -2.36. The SMILES string of the molecule is CCOC(=O)c1cn(C)c2nc3c(F)c(N4CCNC(c5ccccc5)C4)c(F)cc3cc2c1=O. The van der Waals surface area contributed by atoms with Crippen LogP contribution in [0.4, 0.5) is 14.5 Å². The number of aromatic nitrogens is 2. The molecular weight excluding hydrogens is 454 g/mol. The van der Waals surface area contributed by atoms with Crippen LogP contribution in [-0.2, 0) is 11.8 Å². The van der Waals surface area contributed by atoms with E-state index in [0.29, 0.717) is 19.6 Å². The fourth-order valence-electron chi connectivity index (χ4n) is 4.63. The maximum Gasteiger partial charge on any atom is 0.343 e. The minimum Gasteiger partial charge on any atom is -0.462 e.